The molecule has 3 N–H and O–H groups in total. The Hall–Kier alpha value is -0.700. The molecule has 0 aliphatic heterocycles. The summed E-state index contributed by atoms with van der Waals surface area (Å²) >= 11 is 6.03. The molecule has 96 valence electrons. The molecule has 17 heavy (non-hydrogen) atoms. The number of hydrogen-bond donors (Lipinski definition) is 2. The van der Waals surface area contributed by atoms with Gasteiger partial charge in [0, 0.05) is 19.0 Å². The quantitative estimate of drug-likeness (QED) is 0.637. The Morgan fingerprint density at radius 1 is 1.59 bits per heavy atom. The molecule has 0 amide bonds. The zero-order valence-corrected chi connectivity index (χ0v) is 11.9. The van der Waals surface area contributed by atoms with E-state index in [4.69, 9.17) is 21.9 Å². The van der Waals surface area contributed by atoms with Gasteiger partial charge in [-0.15, -0.1) is 0 Å². The van der Waals surface area contributed by atoms with Crippen LogP contribution in [0.3, 0.4) is 0 Å². The van der Waals surface area contributed by atoms with Crippen molar-refractivity contribution < 1.29 is 9.09 Å². The van der Waals surface area contributed by atoms with Gasteiger partial charge >= 0.3 is 0 Å². The number of rotatable bonds is 5. The topological polar surface area (TPSA) is 64.3 Å². The predicted molar refractivity (Wildman–Crippen MR) is 74.1 cm³/mol. The van der Waals surface area contributed by atoms with Gasteiger partial charge in [0.05, 0.1) is 10.7 Å². The first-order valence-electron chi connectivity index (χ1n) is 5.39. The van der Waals surface area contributed by atoms with Crippen molar-refractivity contribution in [3.8, 4) is 0 Å². The molecule has 0 bridgehead atoms. The fourth-order valence-corrected chi connectivity index (χ4v) is 3.17. The fourth-order valence-electron chi connectivity index (χ4n) is 1.54. The van der Waals surface area contributed by atoms with E-state index in [2.05, 4.69) is 5.32 Å². The second-order valence-electron chi connectivity index (χ2n) is 3.78. The van der Waals surface area contributed by atoms with E-state index in [0.717, 1.165) is 0 Å². The molecule has 0 heterocycles. The predicted octanol–water partition coefficient (Wildman–Crippen LogP) is 3.62. The standard InChI is InChI=1S/C11H18ClN2O2P/c1-4-17(15,16-3)8(2)14-11-7-9(13)5-6-10(11)12/h5-8,14H,4,13H2,1-3H3. The summed E-state index contributed by atoms with van der Waals surface area (Å²) in [4.78, 5) is 0. The average Bonchev–Trinajstić information content (AvgIpc) is 2.32. The van der Waals surface area contributed by atoms with Crippen LogP contribution in [0.15, 0.2) is 18.2 Å². The van der Waals surface area contributed by atoms with Crippen LogP contribution in [0, 0.1) is 0 Å². The van der Waals surface area contributed by atoms with Crippen molar-refractivity contribution in [1.82, 2.24) is 0 Å². The van der Waals surface area contributed by atoms with E-state index in [9.17, 15) is 4.57 Å². The summed E-state index contributed by atoms with van der Waals surface area (Å²) in [5.74, 6) is -0.309. The maximum atomic E-state index is 12.3. The van der Waals surface area contributed by atoms with E-state index in [1.807, 2.05) is 13.8 Å². The molecule has 2 unspecified atom stereocenters. The van der Waals surface area contributed by atoms with Crippen LogP contribution in [-0.2, 0) is 9.09 Å². The lowest BCUT2D eigenvalue weighted by Gasteiger charge is -2.24. The van der Waals surface area contributed by atoms with Crippen LogP contribution in [0.25, 0.3) is 0 Å². The highest BCUT2D eigenvalue weighted by Crippen LogP contribution is 2.50. The van der Waals surface area contributed by atoms with Gasteiger partial charge in [0.1, 0.15) is 5.78 Å². The molecule has 0 saturated carbocycles. The third kappa shape index (κ3) is 3.38. The summed E-state index contributed by atoms with van der Waals surface area (Å²) in [5, 5.41) is 3.64. The lowest BCUT2D eigenvalue weighted by Crippen LogP contribution is -2.18. The van der Waals surface area contributed by atoms with Gasteiger partial charge in [-0.25, -0.2) is 0 Å². The highest BCUT2D eigenvalue weighted by molar-refractivity contribution is 7.59. The Kier molecular flexibility index (Phi) is 4.87. The summed E-state index contributed by atoms with van der Waals surface area (Å²) in [7, 11) is -1.22. The Balaban J connectivity index is 2.91. The van der Waals surface area contributed by atoms with Crippen LogP contribution in [0.1, 0.15) is 13.8 Å². The molecule has 6 heteroatoms. The van der Waals surface area contributed by atoms with Crippen molar-refractivity contribution in [3.63, 3.8) is 0 Å². The van der Waals surface area contributed by atoms with E-state index in [0.29, 0.717) is 22.6 Å². The molecular weight excluding hydrogens is 259 g/mol. The number of halogens is 1. The highest BCUT2D eigenvalue weighted by Gasteiger charge is 2.27. The van der Waals surface area contributed by atoms with Crippen molar-refractivity contribution in [2.45, 2.75) is 19.6 Å². The largest absolute Gasteiger partial charge is 0.399 e. The third-order valence-electron chi connectivity index (χ3n) is 2.69. The Morgan fingerprint density at radius 2 is 2.24 bits per heavy atom. The molecule has 4 nitrogen and oxygen atoms in total. The molecule has 2 atom stereocenters. The SMILES string of the molecule is CCP(=O)(OC)C(C)Nc1cc(N)ccc1Cl. The molecule has 0 aliphatic rings. The summed E-state index contributed by atoms with van der Waals surface area (Å²) in [6.07, 6.45) is 0.470. The fraction of sp³-hybridized carbons (Fsp3) is 0.455. The second-order valence-corrected chi connectivity index (χ2v) is 7.42. The van der Waals surface area contributed by atoms with Crippen molar-refractivity contribution in [1.29, 1.82) is 0 Å². The van der Waals surface area contributed by atoms with Gasteiger partial charge in [-0.1, -0.05) is 18.5 Å². The molecule has 1 aromatic rings. The molecule has 0 fully saturated rings. The summed E-state index contributed by atoms with van der Waals surface area (Å²) < 4.78 is 17.4. The maximum absolute atomic E-state index is 12.3. The molecule has 0 spiro atoms. The van der Waals surface area contributed by atoms with Crippen molar-refractivity contribution in [3.05, 3.63) is 23.2 Å². The average molecular weight is 277 g/mol. The molecule has 0 radical (unpaired) electrons. The monoisotopic (exact) mass is 276 g/mol. The van der Waals surface area contributed by atoms with Gasteiger partial charge in [0.15, 0.2) is 0 Å². The molecule has 0 aromatic heterocycles. The Morgan fingerprint density at radius 3 is 2.76 bits per heavy atom. The molecule has 0 saturated heterocycles. The Bertz CT molecular complexity index is 431. The van der Waals surface area contributed by atoms with E-state index in [-0.39, 0.29) is 5.78 Å². The van der Waals surface area contributed by atoms with E-state index in [1.165, 1.54) is 7.11 Å². The van der Waals surface area contributed by atoms with Crippen molar-refractivity contribution in [2.24, 2.45) is 0 Å². The van der Waals surface area contributed by atoms with Crippen LogP contribution in [0.4, 0.5) is 11.4 Å². The highest BCUT2D eigenvalue weighted by atomic mass is 35.5. The maximum Gasteiger partial charge on any atom is 0.223 e. The van der Waals surface area contributed by atoms with E-state index < -0.39 is 7.37 Å². The van der Waals surface area contributed by atoms with E-state index in [1.54, 1.807) is 18.2 Å². The number of nitrogen functional groups attached to an aromatic ring is 1. The minimum Gasteiger partial charge on any atom is -0.399 e. The minimum atomic E-state index is -2.68. The van der Waals surface area contributed by atoms with Gasteiger partial charge in [0.2, 0.25) is 7.37 Å². The number of hydrogen-bond acceptors (Lipinski definition) is 4. The number of anilines is 2. The first-order valence-corrected chi connectivity index (χ1v) is 7.64. The number of nitrogens with one attached hydrogen (secondary N) is 1. The smallest absolute Gasteiger partial charge is 0.223 e. The van der Waals surface area contributed by atoms with Gasteiger partial charge in [-0.2, -0.15) is 0 Å². The first-order chi connectivity index (χ1) is 7.92. The normalized spacial score (nSPS) is 16.2. The molecular formula is C11H18ClN2O2P. The number of benzene rings is 1. The lowest BCUT2D eigenvalue weighted by atomic mass is 10.3. The van der Waals surface area contributed by atoms with Crippen LogP contribution in [0.2, 0.25) is 5.02 Å². The van der Waals surface area contributed by atoms with Crippen LogP contribution >= 0.6 is 19.0 Å². The molecule has 1 aromatic carbocycles. The zero-order valence-electron chi connectivity index (χ0n) is 10.2. The molecule has 1 rings (SSSR count). The van der Waals surface area contributed by atoms with Gasteiger partial charge < -0.3 is 15.6 Å². The van der Waals surface area contributed by atoms with Crippen LogP contribution < -0.4 is 11.1 Å². The molecule has 0 aliphatic carbocycles. The lowest BCUT2D eigenvalue weighted by molar-refractivity contribution is 0.388. The summed E-state index contributed by atoms with van der Waals surface area (Å²) in [6.45, 7) is 3.65. The van der Waals surface area contributed by atoms with Crippen molar-refractivity contribution in [2.75, 3.05) is 24.3 Å². The summed E-state index contributed by atoms with van der Waals surface area (Å²) in [5.41, 5.74) is 6.95. The number of nitrogens with two attached hydrogens (primary N) is 1. The van der Waals surface area contributed by atoms with Crippen LogP contribution in [0.5, 0.6) is 0 Å². The van der Waals surface area contributed by atoms with Gasteiger partial charge in [-0.05, 0) is 25.1 Å². The first kappa shape index (κ1) is 14.4. The Labute approximate surface area is 107 Å². The van der Waals surface area contributed by atoms with E-state index >= 15 is 0 Å². The second kappa shape index (κ2) is 5.76. The minimum absolute atomic E-state index is 0.309. The van der Waals surface area contributed by atoms with Crippen LogP contribution in [-0.4, -0.2) is 19.1 Å². The van der Waals surface area contributed by atoms with Gasteiger partial charge in [0.25, 0.3) is 0 Å². The van der Waals surface area contributed by atoms with Crippen molar-refractivity contribution >= 4 is 30.3 Å². The third-order valence-corrected chi connectivity index (χ3v) is 5.83. The zero-order chi connectivity index (χ0) is 13.1. The summed E-state index contributed by atoms with van der Waals surface area (Å²) in [6, 6.07) is 5.14. The van der Waals surface area contributed by atoms with Gasteiger partial charge in [-0.3, -0.25) is 4.57 Å².